The first-order chi connectivity index (χ1) is 8.81. The van der Waals surface area contributed by atoms with Crippen molar-refractivity contribution in [2.45, 2.75) is 26.9 Å². The minimum Gasteiger partial charge on any atom is -0.472 e. The van der Waals surface area contributed by atoms with E-state index in [2.05, 4.69) is 21.4 Å². The molecule has 0 saturated heterocycles. The maximum Gasteiger partial charge on any atom is 0.219 e. The lowest BCUT2D eigenvalue weighted by molar-refractivity contribution is 0.296. The van der Waals surface area contributed by atoms with Crippen LogP contribution in [0.5, 0.6) is 5.88 Å². The van der Waals surface area contributed by atoms with Gasteiger partial charge in [0.05, 0.1) is 0 Å². The average molecular weight is 263 g/mol. The van der Waals surface area contributed by atoms with Crippen LogP contribution in [0.3, 0.4) is 0 Å². The van der Waals surface area contributed by atoms with Crippen LogP contribution < -0.4 is 10.1 Å². The van der Waals surface area contributed by atoms with Crippen LogP contribution in [0.15, 0.2) is 23.6 Å². The van der Waals surface area contributed by atoms with E-state index in [0.29, 0.717) is 12.5 Å². The third-order valence-electron chi connectivity index (χ3n) is 2.37. The molecule has 18 heavy (non-hydrogen) atoms. The number of anilines is 1. The van der Waals surface area contributed by atoms with Crippen molar-refractivity contribution in [3.8, 4) is 5.88 Å². The summed E-state index contributed by atoms with van der Waals surface area (Å²) < 4.78 is 5.70. The van der Waals surface area contributed by atoms with Gasteiger partial charge in [-0.05, 0) is 18.4 Å². The first-order valence-electron chi connectivity index (χ1n) is 6.08. The lowest BCUT2D eigenvalue weighted by Gasteiger charge is -2.08. The van der Waals surface area contributed by atoms with E-state index in [4.69, 9.17) is 4.74 Å². The van der Waals surface area contributed by atoms with E-state index in [0.717, 1.165) is 24.6 Å². The van der Waals surface area contributed by atoms with Crippen molar-refractivity contribution in [1.82, 2.24) is 9.97 Å². The number of hydrogen-bond donors (Lipinski definition) is 1. The summed E-state index contributed by atoms with van der Waals surface area (Å²) in [5.74, 6) is 2.26. The Labute approximate surface area is 111 Å². The highest BCUT2D eigenvalue weighted by Crippen LogP contribution is 2.17. The lowest BCUT2D eigenvalue weighted by Crippen LogP contribution is -2.05. The third kappa shape index (κ3) is 3.43. The van der Waals surface area contributed by atoms with E-state index in [9.17, 15) is 0 Å². The van der Waals surface area contributed by atoms with E-state index >= 15 is 0 Å². The predicted molar refractivity (Wildman–Crippen MR) is 74.2 cm³/mol. The Hall–Kier alpha value is -1.62. The molecule has 0 aromatic carbocycles. The first-order valence-corrected chi connectivity index (χ1v) is 6.96. The highest BCUT2D eigenvalue weighted by Gasteiger charge is 2.04. The van der Waals surface area contributed by atoms with Crippen molar-refractivity contribution >= 4 is 17.2 Å². The van der Waals surface area contributed by atoms with E-state index in [1.807, 2.05) is 31.4 Å². The summed E-state index contributed by atoms with van der Waals surface area (Å²) >= 11 is 1.68. The third-order valence-corrected chi connectivity index (χ3v) is 3.22. The summed E-state index contributed by atoms with van der Waals surface area (Å²) in [6.45, 7) is 5.47. The number of nitrogens with one attached hydrogen (secondary N) is 1. The average Bonchev–Trinajstić information content (AvgIpc) is 2.89. The van der Waals surface area contributed by atoms with Crippen molar-refractivity contribution in [3.05, 3.63) is 34.3 Å². The predicted octanol–water partition coefficient (Wildman–Crippen LogP) is 3.11. The van der Waals surface area contributed by atoms with Crippen molar-refractivity contribution in [2.75, 3.05) is 11.9 Å². The summed E-state index contributed by atoms with van der Waals surface area (Å²) in [4.78, 5) is 9.94. The fourth-order valence-corrected chi connectivity index (χ4v) is 2.13. The Balaban J connectivity index is 2.08. The second-order valence-electron chi connectivity index (χ2n) is 3.76. The Bertz CT molecular complexity index is 485. The summed E-state index contributed by atoms with van der Waals surface area (Å²) in [6, 6.07) is 5.92. The van der Waals surface area contributed by atoms with Gasteiger partial charge in [0, 0.05) is 23.9 Å². The van der Waals surface area contributed by atoms with Gasteiger partial charge in [0.1, 0.15) is 18.2 Å². The van der Waals surface area contributed by atoms with Gasteiger partial charge in [-0.25, -0.2) is 4.98 Å². The Morgan fingerprint density at radius 2 is 2.22 bits per heavy atom. The van der Waals surface area contributed by atoms with Crippen molar-refractivity contribution in [2.24, 2.45) is 0 Å². The molecular formula is C13H17N3OS. The van der Waals surface area contributed by atoms with Crippen LogP contribution >= 0.6 is 11.3 Å². The Morgan fingerprint density at radius 1 is 1.33 bits per heavy atom. The summed E-state index contributed by atoms with van der Waals surface area (Å²) in [5, 5.41) is 5.23. The van der Waals surface area contributed by atoms with Gasteiger partial charge in [0.2, 0.25) is 5.88 Å². The second-order valence-corrected chi connectivity index (χ2v) is 4.79. The van der Waals surface area contributed by atoms with Gasteiger partial charge >= 0.3 is 0 Å². The summed E-state index contributed by atoms with van der Waals surface area (Å²) in [6.07, 6.45) is 0.800. The number of thiophene rings is 1. The standard InChI is InChI=1S/C13H17N3OS/c1-3-11-15-12(14-4-2)8-13(16-11)17-9-10-6-5-7-18-10/h5-8H,3-4,9H2,1-2H3,(H,14,15,16). The van der Waals surface area contributed by atoms with Crippen LogP contribution in [0.4, 0.5) is 5.82 Å². The number of aryl methyl sites for hydroxylation is 1. The molecular weight excluding hydrogens is 246 g/mol. The van der Waals surface area contributed by atoms with Crippen LogP contribution in [0.1, 0.15) is 24.5 Å². The van der Waals surface area contributed by atoms with Gasteiger partial charge < -0.3 is 10.1 Å². The van der Waals surface area contributed by atoms with Crippen molar-refractivity contribution in [3.63, 3.8) is 0 Å². The van der Waals surface area contributed by atoms with Gasteiger partial charge in [0.25, 0.3) is 0 Å². The zero-order valence-corrected chi connectivity index (χ0v) is 11.5. The molecule has 0 fully saturated rings. The van der Waals surface area contributed by atoms with Gasteiger partial charge in [-0.1, -0.05) is 13.0 Å². The molecule has 0 aliphatic heterocycles. The van der Waals surface area contributed by atoms with Gasteiger partial charge in [-0.3, -0.25) is 0 Å². The SMILES string of the molecule is CCNc1cc(OCc2cccs2)nc(CC)n1. The fraction of sp³-hybridized carbons (Fsp3) is 0.385. The number of rotatable bonds is 6. The monoisotopic (exact) mass is 263 g/mol. The highest BCUT2D eigenvalue weighted by molar-refractivity contribution is 7.09. The number of aromatic nitrogens is 2. The maximum atomic E-state index is 5.70. The quantitative estimate of drug-likeness (QED) is 0.870. The molecule has 0 amide bonds. The molecule has 1 N–H and O–H groups in total. The number of ether oxygens (including phenoxy) is 1. The van der Waals surface area contributed by atoms with Crippen molar-refractivity contribution < 1.29 is 4.74 Å². The number of hydrogen-bond acceptors (Lipinski definition) is 5. The topological polar surface area (TPSA) is 47.0 Å². The maximum absolute atomic E-state index is 5.70. The molecule has 0 bridgehead atoms. The van der Waals surface area contributed by atoms with Gasteiger partial charge in [-0.15, -0.1) is 11.3 Å². The van der Waals surface area contributed by atoms with E-state index in [-0.39, 0.29) is 0 Å². The molecule has 5 heteroatoms. The summed E-state index contributed by atoms with van der Waals surface area (Å²) in [5.41, 5.74) is 0. The minimum absolute atomic E-state index is 0.559. The normalized spacial score (nSPS) is 10.3. The largest absolute Gasteiger partial charge is 0.472 e. The van der Waals surface area contributed by atoms with Crippen LogP contribution in [0.25, 0.3) is 0 Å². The molecule has 0 unspecified atom stereocenters. The molecule has 2 aromatic heterocycles. The van der Waals surface area contributed by atoms with Crippen molar-refractivity contribution in [1.29, 1.82) is 0 Å². The molecule has 96 valence electrons. The summed E-state index contributed by atoms with van der Waals surface area (Å²) in [7, 11) is 0. The molecule has 2 rings (SSSR count). The molecule has 0 radical (unpaired) electrons. The van der Waals surface area contributed by atoms with Crippen LogP contribution in [0, 0.1) is 0 Å². The second kappa shape index (κ2) is 6.35. The van der Waals surface area contributed by atoms with E-state index in [1.165, 1.54) is 4.88 Å². The smallest absolute Gasteiger partial charge is 0.219 e. The van der Waals surface area contributed by atoms with E-state index in [1.54, 1.807) is 11.3 Å². The molecule has 0 aliphatic rings. The Kier molecular flexibility index (Phi) is 4.52. The molecule has 2 heterocycles. The fourth-order valence-electron chi connectivity index (χ4n) is 1.52. The van der Waals surface area contributed by atoms with Crippen LogP contribution in [0.2, 0.25) is 0 Å². The number of nitrogens with zero attached hydrogens (tertiary/aromatic N) is 2. The van der Waals surface area contributed by atoms with Crippen LogP contribution in [-0.4, -0.2) is 16.5 Å². The molecule has 0 atom stereocenters. The zero-order chi connectivity index (χ0) is 12.8. The highest BCUT2D eigenvalue weighted by atomic mass is 32.1. The Morgan fingerprint density at radius 3 is 2.89 bits per heavy atom. The lowest BCUT2D eigenvalue weighted by atomic mass is 10.4. The molecule has 4 nitrogen and oxygen atoms in total. The molecule has 0 spiro atoms. The van der Waals surface area contributed by atoms with Crippen LogP contribution in [-0.2, 0) is 13.0 Å². The first kappa shape index (κ1) is 12.8. The molecule has 0 aliphatic carbocycles. The van der Waals surface area contributed by atoms with Gasteiger partial charge in [0.15, 0.2) is 0 Å². The van der Waals surface area contributed by atoms with E-state index < -0.39 is 0 Å². The minimum atomic E-state index is 0.559. The molecule has 2 aromatic rings. The van der Waals surface area contributed by atoms with Gasteiger partial charge in [-0.2, -0.15) is 4.98 Å². The zero-order valence-electron chi connectivity index (χ0n) is 10.6. The molecule has 0 saturated carbocycles.